The van der Waals surface area contributed by atoms with Gasteiger partial charge in [-0.15, -0.1) is 0 Å². The maximum atomic E-state index is 12.9. The first-order valence-corrected chi connectivity index (χ1v) is 10.00. The molecule has 0 saturated heterocycles. The molecule has 2 amide bonds. The summed E-state index contributed by atoms with van der Waals surface area (Å²) in [6.07, 6.45) is 3.56. The maximum absolute atomic E-state index is 12.9. The van der Waals surface area contributed by atoms with Crippen LogP contribution < -0.4 is 10.6 Å². The summed E-state index contributed by atoms with van der Waals surface area (Å²) in [6, 6.07) is 11.4. The number of benzene rings is 1. The Bertz CT molecular complexity index is 1380. The van der Waals surface area contributed by atoms with Crippen molar-refractivity contribution >= 4 is 39.4 Å². The summed E-state index contributed by atoms with van der Waals surface area (Å²) in [5.41, 5.74) is 5.12. The summed E-state index contributed by atoms with van der Waals surface area (Å²) in [5.74, 6) is -0.867. The van der Waals surface area contributed by atoms with Crippen molar-refractivity contribution in [2.24, 2.45) is 0 Å². The van der Waals surface area contributed by atoms with Gasteiger partial charge < -0.3 is 10.3 Å². The molecule has 4 aromatic rings. The van der Waals surface area contributed by atoms with E-state index < -0.39 is 18.5 Å². The number of amides is 2. The number of aromatic nitrogens is 3. The Morgan fingerprint density at radius 1 is 1.13 bits per heavy atom. The third-order valence-corrected chi connectivity index (χ3v) is 5.51. The highest BCUT2D eigenvalue weighted by molar-refractivity contribution is 6.50. The number of aryl methyl sites for hydroxylation is 1. The summed E-state index contributed by atoms with van der Waals surface area (Å²) >= 11 is 0. The Morgan fingerprint density at radius 2 is 1.94 bits per heavy atom. The van der Waals surface area contributed by atoms with Crippen LogP contribution in [0.4, 0.5) is 4.39 Å². The standard InChI is InChI=1S/C23H20FN5O2/c1-13-19(18-10-14(11-25-8-7-24)6-9-29(18)28-13)21-20(22(30)27-23(21)31)16-12-26-17-5-3-2-4-15(16)17/h2-6,9-10,12,25-26H,7-8,11H2,1H3,(H,27,30,31). The number of carbonyl (C=O) groups excluding carboxylic acids is 2. The van der Waals surface area contributed by atoms with Crippen LogP contribution in [-0.4, -0.2) is 39.6 Å². The molecular weight excluding hydrogens is 397 g/mol. The summed E-state index contributed by atoms with van der Waals surface area (Å²) in [4.78, 5) is 28.9. The molecule has 0 saturated carbocycles. The van der Waals surface area contributed by atoms with Crippen molar-refractivity contribution in [2.45, 2.75) is 13.5 Å². The molecule has 3 aromatic heterocycles. The smallest absolute Gasteiger partial charge is 0.259 e. The molecule has 0 unspecified atom stereocenters. The Morgan fingerprint density at radius 3 is 2.77 bits per heavy atom. The largest absolute Gasteiger partial charge is 0.361 e. The molecular formula is C23H20FN5O2. The van der Waals surface area contributed by atoms with Crippen molar-refractivity contribution in [1.82, 2.24) is 25.2 Å². The van der Waals surface area contributed by atoms with E-state index in [-0.39, 0.29) is 6.54 Å². The fourth-order valence-electron chi connectivity index (χ4n) is 4.15. The van der Waals surface area contributed by atoms with E-state index in [2.05, 4.69) is 20.7 Å². The minimum absolute atomic E-state index is 0.267. The van der Waals surface area contributed by atoms with Crippen LogP contribution in [0.2, 0.25) is 0 Å². The summed E-state index contributed by atoms with van der Waals surface area (Å²) in [6.45, 7) is 2.13. The molecule has 0 aliphatic carbocycles. The van der Waals surface area contributed by atoms with E-state index >= 15 is 0 Å². The number of hydrogen-bond acceptors (Lipinski definition) is 4. The summed E-state index contributed by atoms with van der Waals surface area (Å²) in [5, 5.41) is 10.9. The normalized spacial score (nSPS) is 14.3. The number of rotatable bonds is 6. The number of nitrogens with one attached hydrogen (secondary N) is 3. The van der Waals surface area contributed by atoms with Crippen molar-refractivity contribution in [1.29, 1.82) is 0 Å². The van der Waals surface area contributed by atoms with Gasteiger partial charge in [0, 0.05) is 47.5 Å². The molecule has 7 nitrogen and oxygen atoms in total. The van der Waals surface area contributed by atoms with Crippen LogP contribution in [0, 0.1) is 6.92 Å². The highest BCUT2D eigenvalue weighted by atomic mass is 19.1. The lowest BCUT2D eigenvalue weighted by Crippen LogP contribution is -2.22. The van der Waals surface area contributed by atoms with E-state index in [9.17, 15) is 14.0 Å². The second-order valence-corrected chi connectivity index (χ2v) is 7.47. The number of fused-ring (bicyclic) bond motifs is 2. The van der Waals surface area contributed by atoms with Crippen molar-refractivity contribution in [3.63, 3.8) is 0 Å². The zero-order valence-electron chi connectivity index (χ0n) is 16.8. The van der Waals surface area contributed by atoms with Crippen LogP contribution in [-0.2, 0) is 16.1 Å². The van der Waals surface area contributed by atoms with E-state index in [1.807, 2.05) is 43.3 Å². The fourth-order valence-corrected chi connectivity index (χ4v) is 4.15. The number of hydrogen-bond donors (Lipinski definition) is 3. The highest BCUT2D eigenvalue weighted by Gasteiger charge is 2.35. The van der Waals surface area contributed by atoms with E-state index in [0.717, 1.165) is 16.5 Å². The SMILES string of the molecule is Cc1nn2ccc(CNCCF)cc2c1C1=C(c2c[nH]c3ccccc23)C(=O)NC1=O. The Balaban J connectivity index is 1.73. The minimum atomic E-state index is -0.442. The van der Waals surface area contributed by atoms with Gasteiger partial charge in [-0.3, -0.25) is 14.9 Å². The zero-order valence-corrected chi connectivity index (χ0v) is 16.8. The summed E-state index contributed by atoms with van der Waals surface area (Å²) < 4.78 is 14.1. The Kier molecular flexibility index (Phi) is 4.63. The predicted octanol–water partition coefficient (Wildman–Crippen LogP) is 2.75. The number of para-hydroxylation sites is 1. The van der Waals surface area contributed by atoms with E-state index in [1.54, 1.807) is 16.9 Å². The lowest BCUT2D eigenvalue weighted by molar-refractivity contribution is -0.122. The quantitative estimate of drug-likeness (QED) is 0.332. The first kappa shape index (κ1) is 19.2. The van der Waals surface area contributed by atoms with Crippen LogP contribution in [0.25, 0.3) is 27.6 Å². The van der Waals surface area contributed by atoms with Gasteiger partial charge in [0.05, 0.1) is 22.4 Å². The molecule has 5 rings (SSSR count). The van der Waals surface area contributed by atoms with Crippen LogP contribution in [0.5, 0.6) is 0 Å². The molecule has 156 valence electrons. The van der Waals surface area contributed by atoms with Crippen molar-refractivity contribution in [3.05, 3.63) is 71.2 Å². The number of carbonyl (C=O) groups is 2. The first-order valence-electron chi connectivity index (χ1n) is 10.00. The van der Waals surface area contributed by atoms with Crippen LogP contribution in [0.3, 0.4) is 0 Å². The van der Waals surface area contributed by atoms with Gasteiger partial charge in [-0.1, -0.05) is 18.2 Å². The Hall–Kier alpha value is -3.78. The van der Waals surface area contributed by atoms with Gasteiger partial charge in [0.1, 0.15) is 6.67 Å². The lowest BCUT2D eigenvalue weighted by Gasteiger charge is -2.06. The van der Waals surface area contributed by atoms with Gasteiger partial charge in [0.2, 0.25) is 0 Å². The van der Waals surface area contributed by atoms with Gasteiger partial charge >= 0.3 is 0 Å². The third-order valence-electron chi connectivity index (χ3n) is 5.51. The monoisotopic (exact) mass is 417 g/mol. The average molecular weight is 417 g/mol. The van der Waals surface area contributed by atoms with Crippen LogP contribution >= 0.6 is 0 Å². The van der Waals surface area contributed by atoms with Crippen LogP contribution in [0.1, 0.15) is 22.4 Å². The number of halogens is 1. The van der Waals surface area contributed by atoms with Gasteiger partial charge in [-0.05, 0) is 30.7 Å². The topological polar surface area (TPSA) is 91.3 Å². The molecule has 4 heterocycles. The Labute approximate surface area is 176 Å². The van der Waals surface area contributed by atoms with Crippen molar-refractivity contribution < 1.29 is 14.0 Å². The second kappa shape index (κ2) is 7.48. The number of nitrogens with zero attached hydrogens (tertiary/aromatic N) is 2. The third kappa shape index (κ3) is 3.12. The van der Waals surface area contributed by atoms with E-state index in [1.165, 1.54) is 0 Å². The highest BCUT2D eigenvalue weighted by Crippen LogP contribution is 2.37. The lowest BCUT2D eigenvalue weighted by atomic mass is 9.95. The first-order chi connectivity index (χ1) is 15.1. The fraction of sp³-hybridized carbons (Fsp3) is 0.174. The number of pyridine rings is 1. The van der Waals surface area contributed by atoms with E-state index in [4.69, 9.17) is 0 Å². The molecule has 0 spiro atoms. The number of imide groups is 1. The van der Waals surface area contributed by atoms with E-state index in [0.29, 0.717) is 40.0 Å². The molecule has 1 aromatic carbocycles. The average Bonchev–Trinajstić information content (AvgIpc) is 3.40. The number of alkyl halides is 1. The molecule has 31 heavy (non-hydrogen) atoms. The van der Waals surface area contributed by atoms with Crippen LogP contribution in [0.15, 0.2) is 48.8 Å². The molecule has 3 N–H and O–H groups in total. The molecule has 0 fully saturated rings. The molecule has 8 heteroatoms. The van der Waals surface area contributed by atoms with Gasteiger partial charge in [-0.25, -0.2) is 8.91 Å². The van der Waals surface area contributed by atoms with Crippen molar-refractivity contribution in [2.75, 3.05) is 13.2 Å². The minimum Gasteiger partial charge on any atom is -0.361 e. The number of H-pyrrole nitrogens is 1. The number of aromatic amines is 1. The second-order valence-electron chi connectivity index (χ2n) is 7.47. The van der Waals surface area contributed by atoms with Gasteiger partial charge in [0.25, 0.3) is 11.8 Å². The molecule has 0 atom stereocenters. The molecule has 0 radical (unpaired) electrons. The van der Waals surface area contributed by atoms with Gasteiger partial charge in [-0.2, -0.15) is 5.10 Å². The van der Waals surface area contributed by atoms with Crippen molar-refractivity contribution in [3.8, 4) is 0 Å². The molecule has 1 aliphatic heterocycles. The summed E-state index contributed by atoms with van der Waals surface area (Å²) in [7, 11) is 0. The maximum Gasteiger partial charge on any atom is 0.259 e. The molecule has 0 bridgehead atoms. The van der Waals surface area contributed by atoms with Gasteiger partial charge in [0.15, 0.2) is 0 Å². The predicted molar refractivity (Wildman–Crippen MR) is 116 cm³/mol. The zero-order chi connectivity index (χ0) is 21.5. The molecule has 1 aliphatic rings.